The van der Waals surface area contributed by atoms with Gasteiger partial charge in [0.2, 0.25) is 0 Å². The van der Waals surface area contributed by atoms with E-state index in [2.05, 4.69) is 27.8 Å². The van der Waals surface area contributed by atoms with E-state index in [1.807, 2.05) is 24.3 Å². The minimum absolute atomic E-state index is 0.0594. The van der Waals surface area contributed by atoms with E-state index in [-0.39, 0.29) is 12.0 Å². The fraction of sp³-hybridized carbons (Fsp3) is 0.636. The highest BCUT2D eigenvalue weighted by molar-refractivity contribution is 5.94. The molecular formula is C22H35N5O2. The van der Waals surface area contributed by atoms with Crippen molar-refractivity contribution in [2.24, 2.45) is 4.99 Å². The number of nitrogens with zero attached hydrogens (tertiary/aromatic N) is 2. The standard InChI is InChI=1S/C22H35N5O2/c1-2-23-22(24-11-14-27-12-4-3-5-13-27)25-17-18-8-6-9-19(16-18)26-21(28)20-10-7-15-29-20/h6,8-9,16,20H,2-5,7,10-15,17H2,1H3,(H,26,28)(H2,23,24,25). The molecule has 2 fully saturated rings. The summed E-state index contributed by atoms with van der Waals surface area (Å²) in [6.45, 7) is 8.49. The summed E-state index contributed by atoms with van der Waals surface area (Å²) < 4.78 is 5.45. The Morgan fingerprint density at radius 3 is 2.83 bits per heavy atom. The van der Waals surface area contributed by atoms with Gasteiger partial charge < -0.3 is 25.6 Å². The largest absolute Gasteiger partial charge is 0.368 e. The first kappa shape index (κ1) is 21.6. The molecule has 0 radical (unpaired) electrons. The summed E-state index contributed by atoms with van der Waals surface area (Å²) >= 11 is 0. The summed E-state index contributed by atoms with van der Waals surface area (Å²) in [5.41, 5.74) is 1.85. The second kappa shape index (κ2) is 11.8. The highest BCUT2D eigenvalue weighted by Crippen LogP contribution is 2.16. The van der Waals surface area contributed by atoms with Gasteiger partial charge in [0.15, 0.2) is 5.96 Å². The third-order valence-electron chi connectivity index (χ3n) is 5.35. The molecule has 160 valence electrons. The number of piperidine rings is 1. The van der Waals surface area contributed by atoms with Crippen molar-refractivity contribution >= 4 is 17.6 Å². The minimum atomic E-state index is -0.318. The molecule has 0 aromatic heterocycles. The number of benzene rings is 1. The Balaban J connectivity index is 1.49. The van der Waals surface area contributed by atoms with Gasteiger partial charge in [-0.05, 0) is 63.4 Å². The molecule has 1 unspecified atom stereocenters. The first-order valence-electron chi connectivity index (χ1n) is 11.0. The van der Waals surface area contributed by atoms with E-state index in [0.29, 0.717) is 13.2 Å². The third kappa shape index (κ3) is 7.33. The molecular weight excluding hydrogens is 366 g/mol. The number of nitrogens with one attached hydrogen (secondary N) is 3. The van der Waals surface area contributed by atoms with Crippen LogP contribution in [0.2, 0.25) is 0 Å². The maximum atomic E-state index is 12.2. The van der Waals surface area contributed by atoms with Crippen LogP contribution in [-0.4, -0.2) is 62.2 Å². The second-order valence-electron chi connectivity index (χ2n) is 7.72. The Morgan fingerprint density at radius 2 is 2.07 bits per heavy atom. The molecule has 2 aliphatic rings. The van der Waals surface area contributed by atoms with Crippen LogP contribution in [0.4, 0.5) is 5.69 Å². The molecule has 0 aliphatic carbocycles. The maximum Gasteiger partial charge on any atom is 0.253 e. The number of hydrogen-bond acceptors (Lipinski definition) is 4. The van der Waals surface area contributed by atoms with E-state index in [1.54, 1.807) is 0 Å². The number of carbonyl (C=O) groups is 1. The molecule has 0 saturated carbocycles. The van der Waals surface area contributed by atoms with Crippen molar-refractivity contribution in [3.8, 4) is 0 Å². The van der Waals surface area contributed by atoms with Gasteiger partial charge in [0.25, 0.3) is 5.91 Å². The zero-order valence-corrected chi connectivity index (χ0v) is 17.6. The summed E-state index contributed by atoms with van der Waals surface area (Å²) in [5.74, 6) is 0.772. The molecule has 3 rings (SSSR count). The number of ether oxygens (including phenoxy) is 1. The highest BCUT2D eigenvalue weighted by Gasteiger charge is 2.23. The van der Waals surface area contributed by atoms with Crippen LogP contribution in [0.5, 0.6) is 0 Å². The van der Waals surface area contributed by atoms with Crippen molar-refractivity contribution in [2.75, 3.05) is 44.6 Å². The van der Waals surface area contributed by atoms with Crippen LogP contribution in [0.1, 0.15) is 44.6 Å². The fourth-order valence-electron chi connectivity index (χ4n) is 3.78. The first-order valence-corrected chi connectivity index (χ1v) is 11.0. The summed E-state index contributed by atoms with van der Waals surface area (Å²) in [6, 6.07) is 7.87. The molecule has 29 heavy (non-hydrogen) atoms. The smallest absolute Gasteiger partial charge is 0.253 e. The van der Waals surface area contributed by atoms with E-state index >= 15 is 0 Å². The number of anilines is 1. The fourth-order valence-corrected chi connectivity index (χ4v) is 3.78. The summed E-state index contributed by atoms with van der Waals surface area (Å²) in [4.78, 5) is 19.5. The van der Waals surface area contributed by atoms with Gasteiger partial charge in [-0.15, -0.1) is 0 Å². The van der Waals surface area contributed by atoms with E-state index in [0.717, 1.165) is 49.7 Å². The van der Waals surface area contributed by atoms with Crippen LogP contribution < -0.4 is 16.0 Å². The molecule has 7 nitrogen and oxygen atoms in total. The molecule has 7 heteroatoms. The van der Waals surface area contributed by atoms with Gasteiger partial charge in [-0.2, -0.15) is 0 Å². The molecule has 0 spiro atoms. The lowest BCUT2D eigenvalue weighted by Gasteiger charge is -2.26. The number of hydrogen-bond donors (Lipinski definition) is 3. The van der Waals surface area contributed by atoms with Gasteiger partial charge in [-0.1, -0.05) is 18.6 Å². The van der Waals surface area contributed by atoms with Crippen LogP contribution in [0.3, 0.4) is 0 Å². The SMILES string of the molecule is CCNC(=NCc1cccc(NC(=O)C2CCCO2)c1)NCCN1CCCCC1. The number of aliphatic imine (C=N–C) groups is 1. The third-order valence-corrected chi connectivity index (χ3v) is 5.35. The number of guanidine groups is 1. The predicted molar refractivity (Wildman–Crippen MR) is 117 cm³/mol. The van der Waals surface area contributed by atoms with Gasteiger partial charge in [-0.25, -0.2) is 4.99 Å². The number of rotatable bonds is 8. The van der Waals surface area contributed by atoms with Crippen molar-refractivity contribution in [1.29, 1.82) is 0 Å². The Labute approximate surface area is 174 Å². The molecule has 3 N–H and O–H groups in total. The zero-order chi connectivity index (χ0) is 20.3. The lowest BCUT2D eigenvalue weighted by atomic mass is 10.1. The van der Waals surface area contributed by atoms with Gasteiger partial charge in [0.1, 0.15) is 6.10 Å². The van der Waals surface area contributed by atoms with Gasteiger partial charge in [0, 0.05) is 31.9 Å². The van der Waals surface area contributed by atoms with Crippen molar-refractivity contribution in [2.45, 2.75) is 51.7 Å². The quantitative estimate of drug-likeness (QED) is 0.460. The van der Waals surface area contributed by atoms with E-state index in [4.69, 9.17) is 9.73 Å². The summed E-state index contributed by atoms with van der Waals surface area (Å²) in [5, 5.41) is 9.70. The van der Waals surface area contributed by atoms with E-state index in [1.165, 1.54) is 32.4 Å². The molecule has 1 aromatic carbocycles. The average Bonchev–Trinajstić information content (AvgIpc) is 3.28. The number of likely N-dealkylation sites (tertiary alicyclic amines) is 1. The van der Waals surface area contributed by atoms with Crippen LogP contribution >= 0.6 is 0 Å². The van der Waals surface area contributed by atoms with Crippen molar-refractivity contribution in [3.05, 3.63) is 29.8 Å². The molecule has 2 saturated heterocycles. The molecule has 2 aliphatic heterocycles. The lowest BCUT2D eigenvalue weighted by Crippen LogP contribution is -2.42. The first-order chi connectivity index (χ1) is 14.2. The van der Waals surface area contributed by atoms with E-state index in [9.17, 15) is 4.79 Å². The molecule has 0 bridgehead atoms. The van der Waals surface area contributed by atoms with Crippen LogP contribution in [0.25, 0.3) is 0 Å². The number of carbonyl (C=O) groups excluding carboxylic acids is 1. The maximum absolute atomic E-state index is 12.2. The molecule has 2 heterocycles. The van der Waals surface area contributed by atoms with Gasteiger partial charge in [-0.3, -0.25) is 4.79 Å². The number of amides is 1. The normalized spacial score (nSPS) is 20.4. The Hall–Kier alpha value is -2.12. The van der Waals surface area contributed by atoms with Crippen molar-refractivity contribution in [3.63, 3.8) is 0 Å². The zero-order valence-electron chi connectivity index (χ0n) is 17.6. The molecule has 1 amide bonds. The van der Waals surface area contributed by atoms with E-state index < -0.39 is 0 Å². The second-order valence-corrected chi connectivity index (χ2v) is 7.72. The van der Waals surface area contributed by atoms with Crippen LogP contribution in [0, 0.1) is 0 Å². The molecule has 1 atom stereocenters. The van der Waals surface area contributed by atoms with Crippen LogP contribution in [0.15, 0.2) is 29.3 Å². The van der Waals surface area contributed by atoms with Crippen molar-refractivity contribution < 1.29 is 9.53 Å². The Bertz CT molecular complexity index is 667. The highest BCUT2D eigenvalue weighted by atomic mass is 16.5. The Kier molecular flexibility index (Phi) is 8.77. The van der Waals surface area contributed by atoms with Gasteiger partial charge in [0.05, 0.1) is 6.54 Å². The minimum Gasteiger partial charge on any atom is -0.368 e. The summed E-state index contributed by atoms with van der Waals surface area (Å²) in [7, 11) is 0. The summed E-state index contributed by atoms with van der Waals surface area (Å²) in [6.07, 6.45) is 5.42. The Morgan fingerprint density at radius 1 is 1.21 bits per heavy atom. The van der Waals surface area contributed by atoms with Crippen LogP contribution in [-0.2, 0) is 16.1 Å². The molecule has 1 aromatic rings. The van der Waals surface area contributed by atoms with Crippen molar-refractivity contribution in [1.82, 2.24) is 15.5 Å². The predicted octanol–water partition coefficient (Wildman–Crippen LogP) is 2.35. The lowest BCUT2D eigenvalue weighted by molar-refractivity contribution is -0.124. The van der Waals surface area contributed by atoms with Gasteiger partial charge >= 0.3 is 0 Å². The topological polar surface area (TPSA) is 78.0 Å². The monoisotopic (exact) mass is 401 g/mol. The average molecular weight is 402 g/mol.